The molecule has 3 aromatic heterocycles. The van der Waals surface area contributed by atoms with E-state index in [0.717, 1.165) is 11.6 Å². The maximum absolute atomic E-state index is 13.4. The summed E-state index contributed by atoms with van der Waals surface area (Å²) in [4.78, 5) is 20.3. The predicted octanol–water partition coefficient (Wildman–Crippen LogP) is 5.07. The van der Waals surface area contributed by atoms with Gasteiger partial charge < -0.3 is 5.32 Å². The second-order valence-corrected chi connectivity index (χ2v) is 6.40. The van der Waals surface area contributed by atoms with Crippen molar-refractivity contribution in [2.75, 3.05) is 5.32 Å². The smallest absolute Gasteiger partial charge is 0.340 e. The van der Waals surface area contributed by atoms with Crippen molar-refractivity contribution in [3.8, 4) is 22.6 Å². The van der Waals surface area contributed by atoms with E-state index in [1.54, 1.807) is 49.5 Å². The standard InChI is InChI=1S/C21H15F3N6/c1-13-26-9-7-17(27-13)14-4-2-6-16(10-14)28-19-11-18(21(22,23)24)29-20(30-19)15-5-3-8-25-12-15/h2-12H,1H3,(H,28,29,30). The number of alkyl halides is 3. The quantitative estimate of drug-likeness (QED) is 0.508. The Morgan fingerprint density at radius 1 is 0.867 bits per heavy atom. The van der Waals surface area contributed by atoms with Gasteiger partial charge in [0.25, 0.3) is 0 Å². The first-order chi connectivity index (χ1) is 14.4. The molecule has 150 valence electrons. The minimum Gasteiger partial charge on any atom is -0.340 e. The van der Waals surface area contributed by atoms with Gasteiger partial charge in [-0.25, -0.2) is 19.9 Å². The summed E-state index contributed by atoms with van der Waals surface area (Å²) in [6, 6.07) is 13.0. The van der Waals surface area contributed by atoms with Crippen molar-refractivity contribution in [2.24, 2.45) is 0 Å². The molecule has 0 spiro atoms. The summed E-state index contributed by atoms with van der Waals surface area (Å²) in [7, 11) is 0. The van der Waals surface area contributed by atoms with Gasteiger partial charge in [-0.15, -0.1) is 0 Å². The van der Waals surface area contributed by atoms with Crippen LogP contribution in [0.25, 0.3) is 22.6 Å². The monoisotopic (exact) mass is 408 g/mol. The molecular weight excluding hydrogens is 393 g/mol. The Morgan fingerprint density at radius 2 is 1.70 bits per heavy atom. The number of rotatable bonds is 4. The van der Waals surface area contributed by atoms with Crippen LogP contribution in [0.15, 0.2) is 67.1 Å². The Kier molecular flexibility index (Phi) is 5.09. The van der Waals surface area contributed by atoms with Crippen LogP contribution in [0.5, 0.6) is 0 Å². The van der Waals surface area contributed by atoms with Crippen LogP contribution in [0, 0.1) is 6.92 Å². The number of nitrogens with one attached hydrogen (secondary N) is 1. The van der Waals surface area contributed by atoms with E-state index in [9.17, 15) is 13.2 Å². The van der Waals surface area contributed by atoms with Crippen LogP contribution >= 0.6 is 0 Å². The third-order valence-electron chi connectivity index (χ3n) is 4.14. The van der Waals surface area contributed by atoms with Gasteiger partial charge in [-0.2, -0.15) is 13.2 Å². The van der Waals surface area contributed by atoms with E-state index < -0.39 is 11.9 Å². The van der Waals surface area contributed by atoms with Gasteiger partial charge in [0.2, 0.25) is 0 Å². The molecule has 4 aromatic rings. The zero-order valence-electron chi connectivity index (χ0n) is 15.7. The lowest BCUT2D eigenvalue weighted by Gasteiger charge is -2.12. The van der Waals surface area contributed by atoms with Crippen molar-refractivity contribution in [2.45, 2.75) is 13.1 Å². The summed E-state index contributed by atoms with van der Waals surface area (Å²) in [6.45, 7) is 1.78. The molecular formula is C21H15F3N6. The van der Waals surface area contributed by atoms with E-state index in [4.69, 9.17) is 0 Å². The topological polar surface area (TPSA) is 76.5 Å². The number of benzene rings is 1. The summed E-state index contributed by atoms with van der Waals surface area (Å²) in [6.07, 6.45) is -0.0252. The highest BCUT2D eigenvalue weighted by Crippen LogP contribution is 2.32. The summed E-state index contributed by atoms with van der Waals surface area (Å²) in [5.74, 6) is 0.577. The fraction of sp³-hybridized carbons (Fsp3) is 0.0952. The first kappa shape index (κ1) is 19.4. The highest BCUT2D eigenvalue weighted by Gasteiger charge is 2.34. The molecule has 0 saturated carbocycles. The van der Waals surface area contributed by atoms with Crippen LogP contribution in [0.2, 0.25) is 0 Å². The molecule has 0 saturated heterocycles. The molecule has 3 heterocycles. The highest BCUT2D eigenvalue weighted by molar-refractivity contribution is 5.68. The van der Waals surface area contributed by atoms with E-state index in [2.05, 4.69) is 30.2 Å². The van der Waals surface area contributed by atoms with Crippen molar-refractivity contribution in [1.29, 1.82) is 0 Å². The van der Waals surface area contributed by atoms with Crippen molar-refractivity contribution in [3.05, 3.63) is 78.6 Å². The van der Waals surface area contributed by atoms with Crippen molar-refractivity contribution < 1.29 is 13.2 Å². The molecule has 0 aliphatic carbocycles. The number of aryl methyl sites for hydroxylation is 1. The molecule has 9 heteroatoms. The third-order valence-corrected chi connectivity index (χ3v) is 4.14. The molecule has 0 amide bonds. The first-order valence-corrected chi connectivity index (χ1v) is 8.92. The largest absolute Gasteiger partial charge is 0.433 e. The average molecular weight is 408 g/mol. The second-order valence-electron chi connectivity index (χ2n) is 6.40. The normalized spacial score (nSPS) is 11.3. The fourth-order valence-electron chi connectivity index (χ4n) is 2.80. The molecule has 30 heavy (non-hydrogen) atoms. The lowest BCUT2D eigenvalue weighted by molar-refractivity contribution is -0.141. The predicted molar refractivity (Wildman–Crippen MR) is 106 cm³/mol. The van der Waals surface area contributed by atoms with Gasteiger partial charge in [-0.05, 0) is 37.3 Å². The van der Waals surface area contributed by atoms with Crippen LogP contribution in [-0.4, -0.2) is 24.9 Å². The SMILES string of the molecule is Cc1nccc(-c2cccc(Nc3cc(C(F)(F)F)nc(-c4cccnc4)n3)c2)n1. The minimum atomic E-state index is -4.61. The minimum absolute atomic E-state index is 0.0206. The molecule has 1 aromatic carbocycles. The Labute approximate surface area is 169 Å². The number of hydrogen-bond acceptors (Lipinski definition) is 6. The number of hydrogen-bond donors (Lipinski definition) is 1. The van der Waals surface area contributed by atoms with Crippen LogP contribution in [0.4, 0.5) is 24.7 Å². The molecule has 1 N–H and O–H groups in total. The molecule has 6 nitrogen and oxygen atoms in total. The van der Waals surface area contributed by atoms with Gasteiger partial charge in [0.1, 0.15) is 11.6 Å². The van der Waals surface area contributed by atoms with E-state index in [0.29, 0.717) is 22.8 Å². The van der Waals surface area contributed by atoms with Gasteiger partial charge in [-0.3, -0.25) is 4.98 Å². The van der Waals surface area contributed by atoms with Crippen molar-refractivity contribution >= 4 is 11.5 Å². The Bertz CT molecular complexity index is 1180. The van der Waals surface area contributed by atoms with Gasteiger partial charge >= 0.3 is 6.18 Å². The molecule has 0 aliphatic rings. The molecule has 4 rings (SSSR count). The Hall–Kier alpha value is -3.88. The molecule has 0 fully saturated rings. The van der Waals surface area contributed by atoms with Crippen molar-refractivity contribution in [1.82, 2.24) is 24.9 Å². The second kappa shape index (κ2) is 7.86. The maximum Gasteiger partial charge on any atom is 0.433 e. The van der Waals surface area contributed by atoms with Crippen LogP contribution in [0.1, 0.15) is 11.5 Å². The molecule has 0 atom stereocenters. The van der Waals surface area contributed by atoms with E-state index in [-0.39, 0.29) is 11.6 Å². The summed E-state index contributed by atoms with van der Waals surface area (Å²) in [5, 5.41) is 2.94. The summed E-state index contributed by atoms with van der Waals surface area (Å²) < 4.78 is 40.1. The molecule has 0 aliphatic heterocycles. The Morgan fingerprint density at radius 3 is 2.43 bits per heavy atom. The molecule has 0 radical (unpaired) electrons. The number of nitrogens with zero attached hydrogens (tertiary/aromatic N) is 5. The average Bonchev–Trinajstić information content (AvgIpc) is 2.74. The zero-order chi connectivity index (χ0) is 21.1. The van der Waals surface area contributed by atoms with Gasteiger partial charge in [0.15, 0.2) is 11.5 Å². The number of pyridine rings is 1. The van der Waals surface area contributed by atoms with Gasteiger partial charge in [0.05, 0.1) is 5.69 Å². The van der Waals surface area contributed by atoms with Crippen molar-refractivity contribution in [3.63, 3.8) is 0 Å². The Balaban J connectivity index is 1.72. The van der Waals surface area contributed by atoms with E-state index in [1.807, 2.05) is 6.07 Å². The van der Waals surface area contributed by atoms with Crippen LogP contribution in [0.3, 0.4) is 0 Å². The van der Waals surface area contributed by atoms with Crippen LogP contribution < -0.4 is 5.32 Å². The lowest BCUT2D eigenvalue weighted by atomic mass is 10.1. The first-order valence-electron chi connectivity index (χ1n) is 8.92. The van der Waals surface area contributed by atoms with E-state index in [1.165, 1.54) is 12.4 Å². The third kappa shape index (κ3) is 4.40. The summed E-state index contributed by atoms with van der Waals surface area (Å²) >= 11 is 0. The number of halogens is 3. The zero-order valence-corrected chi connectivity index (χ0v) is 15.7. The molecule has 0 bridgehead atoms. The highest BCUT2D eigenvalue weighted by atomic mass is 19.4. The number of anilines is 2. The van der Waals surface area contributed by atoms with E-state index >= 15 is 0 Å². The fourth-order valence-corrected chi connectivity index (χ4v) is 2.80. The number of aromatic nitrogens is 5. The maximum atomic E-state index is 13.4. The molecule has 0 unspecified atom stereocenters. The van der Waals surface area contributed by atoms with Gasteiger partial charge in [0, 0.05) is 41.5 Å². The van der Waals surface area contributed by atoms with Crippen LogP contribution in [-0.2, 0) is 6.18 Å². The summed E-state index contributed by atoms with van der Waals surface area (Å²) in [5.41, 5.74) is 1.41. The lowest BCUT2D eigenvalue weighted by Crippen LogP contribution is -2.11. The van der Waals surface area contributed by atoms with Gasteiger partial charge in [-0.1, -0.05) is 12.1 Å².